The number of carboxylic acids is 1. The van der Waals surface area contributed by atoms with Crippen LogP contribution < -0.4 is 0 Å². The number of benzene rings is 1. The van der Waals surface area contributed by atoms with Gasteiger partial charge < -0.3 is 5.11 Å². The number of rotatable bonds is 2. The number of hydrogen-bond donors (Lipinski definition) is 1. The summed E-state index contributed by atoms with van der Waals surface area (Å²) in [5.74, 6) is -0.767. The Kier molecular flexibility index (Phi) is 2.74. The Hall–Kier alpha value is -1.00. The van der Waals surface area contributed by atoms with Crippen molar-refractivity contribution in [2.45, 2.75) is 11.3 Å². The zero-order chi connectivity index (χ0) is 9.97. The maximum atomic E-state index is 10.5. The first kappa shape index (κ1) is 9.55. The van der Waals surface area contributed by atoms with E-state index in [0.29, 0.717) is 0 Å². The zero-order valence-corrected chi connectivity index (χ0v) is 8.46. The van der Waals surface area contributed by atoms with Crippen molar-refractivity contribution in [2.24, 2.45) is 0 Å². The molecule has 74 valence electrons. The highest BCUT2D eigenvalue weighted by Crippen LogP contribution is 2.30. The smallest absolute Gasteiger partial charge is 0.318 e. The quantitative estimate of drug-likeness (QED) is 0.752. The zero-order valence-electron chi connectivity index (χ0n) is 7.64. The minimum atomic E-state index is -0.767. The van der Waals surface area contributed by atoms with Crippen LogP contribution in [0.25, 0.3) is 0 Å². The van der Waals surface area contributed by atoms with Crippen LogP contribution >= 0.6 is 11.9 Å². The topological polar surface area (TPSA) is 40.5 Å². The molecule has 2 rings (SSSR count). The summed E-state index contributed by atoms with van der Waals surface area (Å²) < 4.78 is 1.88. The molecule has 0 unspecified atom stereocenters. The number of carbonyl (C=O) groups is 1. The van der Waals surface area contributed by atoms with Crippen molar-refractivity contribution in [3.05, 3.63) is 29.8 Å². The Labute approximate surface area is 86.9 Å². The molecule has 0 aromatic heterocycles. The second kappa shape index (κ2) is 4.02. The molecule has 0 saturated carbocycles. The predicted molar refractivity (Wildman–Crippen MR) is 55.2 cm³/mol. The van der Waals surface area contributed by atoms with Crippen molar-refractivity contribution in [3.8, 4) is 0 Å². The van der Waals surface area contributed by atoms with E-state index in [2.05, 4.69) is 6.07 Å². The second-order valence-corrected chi connectivity index (χ2v) is 4.35. The lowest BCUT2D eigenvalue weighted by Gasteiger charge is -2.25. The third kappa shape index (κ3) is 2.08. The van der Waals surface area contributed by atoms with Crippen LogP contribution in [-0.4, -0.2) is 28.5 Å². The van der Waals surface area contributed by atoms with Gasteiger partial charge in [0.2, 0.25) is 0 Å². The Morgan fingerprint density at radius 1 is 1.50 bits per heavy atom. The van der Waals surface area contributed by atoms with Crippen LogP contribution in [0.4, 0.5) is 0 Å². The number of fused-ring (bicyclic) bond motifs is 1. The third-order valence-electron chi connectivity index (χ3n) is 2.14. The lowest BCUT2D eigenvalue weighted by Crippen LogP contribution is -2.28. The summed E-state index contributed by atoms with van der Waals surface area (Å²) in [7, 11) is 0. The maximum absolute atomic E-state index is 10.5. The van der Waals surface area contributed by atoms with Crippen molar-refractivity contribution in [1.29, 1.82) is 0 Å². The Bertz CT molecular complexity index is 354. The molecule has 1 N–H and O–H groups in total. The van der Waals surface area contributed by atoms with E-state index in [9.17, 15) is 4.79 Å². The highest BCUT2D eigenvalue weighted by atomic mass is 32.2. The summed E-state index contributed by atoms with van der Waals surface area (Å²) in [5.41, 5.74) is 1.32. The van der Waals surface area contributed by atoms with Crippen LogP contribution in [0, 0.1) is 0 Å². The molecule has 3 nitrogen and oxygen atoms in total. The van der Waals surface area contributed by atoms with Gasteiger partial charge in [-0.1, -0.05) is 18.2 Å². The predicted octanol–water partition coefficient (Wildman–Crippen LogP) is 1.64. The average Bonchev–Trinajstić information content (AvgIpc) is 2.17. The molecule has 4 heteroatoms. The number of nitrogens with zero attached hydrogens (tertiary/aromatic N) is 1. The molecule has 1 aliphatic rings. The SMILES string of the molecule is O=C(O)CN1CCc2ccccc2S1. The summed E-state index contributed by atoms with van der Waals surface area (Å²) in [4.78, 5) is 11.7. The molecule has 0 spiro atoms. The van der Waals surface area contributed by atoms with Crippen molar-refractivity contribution in [1.82, 2.24) is 4.31 Å². The summed E-state index contributed by atoms with van der Waals surface area (Å²) in [6.07, 6.45) is 0.941. The summed E-state index contributed by atoms with van der Waals surface area (Å²) in [6.45, 7) is 0.924. The van der Waals surface area contributed by atoms with Crippen LogP contribution in [0.2, 0.25) is 0 Å². The lowest BCUT2D eigenvalue weighted by molar-refractivity contribution is -0.137. The van der Waals surface area contributed by atoms with Crippen LogP contribution in [0.3, 0.4) is 0 Å². The highest BCUT2D eigenvalue weighted by Gasteiger charge is 2.18. The minimum absolute atomic E-state index is 0.110. The monoisotopic (exact) mass is 209 g/mol. The Morgan fingerprint density at radius 2 is 2.29 bits per heavy atom. The molecule has 0 atom stereocenters. The third-order valence-corrected chi connectivity index (χ3v) is 3.31. The maximum Gasteiger partial charge on any atom is 0.318 e. The molecule has 0 fully saturated rings. The molecule has 0 radical (unpaired) electrons. The van der Waals surface area contributed by atoms with Crippen molar-refractivity contribution in [3.63, 3.8) is 0 Å². The van der Waals surface area contributed by atoms with Crippen molar-refractivity contribution < 1.29 is 9.90 Å². The molecule has 0 saturated heterocycles. The van der Waals surface area contributed by atoms with Gasteiger partial charge in [0.15, 0.2) is 0 Å². The molecule has 14 heavy (non-hydrogen) atoms. The molecule has 0 aliphatic carbocycles. The van der Waals surface area contributed by atoms with E-state index in [1.807, 2.05) is 22.5 Å². The van der Waals surface area contributed by atoms with E-state index < -0.39 is 5.97 Å². The highest BCUT2D eigenvalue weighted by molar-refractivity contribution is 7.97. The van der Waals surface area contributed by atoms with Gasteiger partial charge in [-0.2, -0.15) is 0 Å². The molecular formula is C10H11NO2S. The van der Waals surface area contributed by atoms with Gasteiger partial charge in [0, 0.05) is 11.4 Å². The van der Waals surface area contributed by atoms with E-state index in [1.165, 1.54) is 22.4 Å². The molecule has 0 amide bonds. The minimum Gasteiger partial charge on any atom is -0.480 e. The van der Waals surface area contributed by atoms with Gasteiger partial charge in [-0.05, 0) is 30.0 Å². The van der Waals surface area contributed by atoms with Crippen LogP contribution in [0.1, 0.15) is 5.56 Å². The molecule has 0 bridgehead atoms. The first-order valence-electron chi connectivity index (χ1n) is 4.48. The van der Waals surface area contributed by atoms with Crippen LogP contribution in [0.15, 0.2) is 29.2 Å². The number of carboxylic acid groups (broad SMARTS) is 1. The van der Waals surface area contributed by atoms with E-state index in [0.717, 1.165) is 13.0 Å². The van der Waals surface area contributed by atoms with Crippen molar-refractivity contribution in [2.75, 3.05) is 13.1 Å². The van der Waals surface area contributed by atoms with Gasteiger partial charge in [0.05, 0.1) is 0 Å². The first-order chi connectivity index (χ1) is 6.75. The van der Waals surface area contributed by atoms with E-state index in [4.69, 9.17) is 5.11 Å². The normalized spacial score (nSPS) is 16.3. The second-order valence-electron chi connectivity index (χ2n) is 3.21. The van der Waals surface area contributed by atoms with E-state index in [-0.39, 0.29) is 6.54 Å². The average molecular weight is 209 g/mol. The standard InChI is InChI=1S/C10H11NO2S/c12-10(13)7-11-6-5-8-3-1-2-4-9(8)14-11/h1-4H,5-7H2,(H,12,13). The fourth-order valence-corrected chi connectivity index (χ4v) is 2.55. The lowest BCUT2D eigenvalue weighted by atomic mass is 10.1. The Balaban J connectivity index is 2.09. The fraction of sp³-hybridized carbons (Fsp3) is 0.300. The largest absolute Gasteiger partial charge is 0.480 e. The van der Waals surface area contributed by atoms with E-state index >= 15 is 0 Å². The summed E-state index contributed by atoms with van der Waals surface area (Å²) in [6, 6.07) is 8.14. The van der Waals surface area contributed by atoms with Gasteiger partial charge >= 0.3 is 5.97 Å². The molecule has 1 aliphatic heterocycles. The van der Waals surface area contributed by atoms with Gasteiger partial charge in [-0.25, -0.2) is 4.31 Å². The summed E-state index contributed by atoms with van der Waals surface area (Å²) in [5, 5.41) is 8.66. The number of aliphatic carboxylic acids is 1. The first-order valence-corrected chi connectivity index (χ1v) is 5.25. The molecule has 1 heterocycles. The molecule has 1 aromatic carbocycles. The van der Waals surface area contributed by atoms with Gasteiger partial charge in [-0.3, -0.25) is 4.79 Å². The molecule has 1 aromatic rings. The van der Waals surface area contributed by atoms with Gasteiger partial charge in [0.1, 0.15) is 6.54 Å². The van der Waals surface area contributed by atoms with E-state index in [1.54, 1.807) is 0 Å². The van der Waals surface area contributed by atoms with Crippen molar-refractivity contribution >= 4 is 17.9 Å². The fourth-order valence-electron chi connectivity index (χ4n) is 1.49. The van der Waals surface area contributed by atoms with Gasteiger partial charge in [-0.15, -0.1) is 0 Å². The number of hydrogen-bond acceptors (Lipinski definition) is 3. The van der Waals surface area contributed by atoms with Gasteiger partial charge in [0.25, 0.3) is 0 Å². The van der Waals surface area contributed by atoms with Crippen LogP contribution in [-0.2, 0) is 11.2 Å². The van der Waals surface area contributed by atoms with Crippen LogP contribution in [0.5, 0.6) is 0 Å². The Morgan fingerprint density at radius 3 is 3.07 bits per heavy atom. The molecular weight excluding hydrogens is 198 g/mol. The summed E-state index contributed by atoms with van der Waals surface area (Å²) >= 11 is 1.54.